The van der Waals surface area contributed by atoms with E-state index in [1.807, 2.05) is 0 Å². The number of amides is 2. The van der Waals surface area contributed by atoms with Gasteiger partial charge in [0, 0.05) is 46.4 Å². The molecular formula is C18H16Cl2N2O2S. The van der Waals surface area contributed by atoms with Gasteiger partial charge in [-0.3, -0.25) is 9.59 Å². The Bertz CT molecular complexity index is 802. The topological polar surface area (TPSA) is 49.4 Å². The number of nitrogens with zero attached hydrogens (tertiary/aromatic N) is 1. The Balaban J connectivity index is 2.06. The van der Waals surface area contributed by atoms with E-state index in [0.717, 1.165) is 16.7 Å². The molecule has 1 N–H and O–H groups in total. The normalized spacial score (nSPS) is 10.7. The number of nitrogens with one attached hydrogen (secondary N) is 1. The molecule has 4 nitrogen and oxygen atoms in total. The lowest BCUT2D eigenvalue weighted by atomic mass is 10.2. The summed E-state index contributed by atoms with van der Waals surface area (Å²) in [5.74, 6) is -0.322. The highest BCUT2D eigenvalue weighted by atomic mass is 35.5. The second kappa shape index (κ2) is 8.94. The SMILES string of the molecule is CN(C)C(=O)Sc1cccc(NC(=O)/C=C/c2c(Cl)cccc2Cl)c1. The third kappa shape index (κ3) is 5.81. The molecule has 0 bridgehead atoms. The van der Waals surface area contributed by atoms with Crippen molar-refractivity contribution in [2.24, 2.45) is 0 Å². The smallest absolute Gasteiger partial charge is 0.285 e. The van der Waals surface area contributed by atoms with Gasteiger partial charge >= 0.3 is 0 Å². The van der Waals surface area contributed by atoms with Crippen molar-refractivity contribution in [3.05, 3.63) is 64.1 Å². The third-order valence-corrected chi connectivity index (χ3v) is 4.76. The molecule has 2 rings (SSSR count). The lowest BCUT2D eigenvalue weighted by Gasteiger charge is -2.10. The molecule has 0 saturated heterocycles. The van der Waals surface area contributed by atoms with Gasteiger partial charge in [0.05, 0.1) is 0 Å². The molecule has 0 unspecified atom stereocenters. The molecule has 0 aromatic heterocycles. The minimum atomic E-state index is -0.322. The first-order chi connectivity index (χ1) is 11.9. The number of halogens is 2. The number of thioether (sulfide) groups is 1. The molecule has 0 radical (unpaired) electrons. The van der Waals surface area contributed by atoms with Crippen LogP contribution in [0, 0.1) is 0 Å². The van der Waals surface area contributed by atoms with Crippen LogP contribution in [0.3, 0.4) is 0 Å². The fraction of sp³-hybridized carbons (Fsp3) is 0.111. The van der Waals surface area contributed by atoms with Gasteiger partial charge in [-0.05, 0) is 48.2 Å². The Labute approximate surface area is 160 Å². The molecule has 2 aromatic carbocycles. The molecule has 2 amide bonds. The molecule has 0 aliphatic carbocycles. The molecule has 0 saturated carbocycles. The Morgan fingerprint density at radius 1 is 1.08 bits per heavy atom. The van der Waals surface area contributed by atoms with Gasteiger partial charge in [-0.25, -0.2) is 0 Å². The summed E-state index contributed by atoms with van der Waals surface area (Å²) in [6, 6.07) is 12.2. The van der Waals surface area contributed by atoms with Crippen LogP contribution in [0.1, 0.15) is 5.56 Å². The molecular weight excluding hydrogens is 379 g/mol. The molecule has 0 spiro atoms. The summed E-state index contributed by atoms with van der Waals surface area (Å²) in [5.41, 5.74) is 1.18. The first-order valence-electron chi connectivity index (χ1n) is 7.29. The minimum Gasteiger partial charge on any atom is -0.339 e. The highest BCUT2D eigenvalue weighted by Crippen LogP contribution is 2.26. The van der Waals surface area contributed by atoms with Crippen LogP contribution in [-0.2, 0) is 4.79 Å². The monoisotopic (exact) mass is 394 g/mol. The van der Waals surface area contributed by atoms with Crippen LogP contribution in [0.5, 0.6) is 0 Å². The molecule has 0 atom stereocenters. The maximum Gasteiger partial charge on any atom is 0.285 e. The summed E-state index contributed by atoms with van der Waals surface area (Å²) in [7, 11) is 3.37. The molecule has 2 aromatic rings. The van der Waals surface area contributed by atoms with E-state index in [-0.39, 0.29) is 11.1 Å². The van der Waals surface area contributed by atoms with Gasteiger partial charge in [-0.1, -0.05) is 35.3 Å². The zero-order valence-corrected chi connectivity index (χ0v) is 16.0. The van der Waals surface area contributed by atoms with E-state index in [9.17, 15) is 9.59 Å². The number of hydrogen-bond acceptors (Lipinski definition) is 3. The second-order valence-electron chi connectivity index (χ2n) is 5.25. The van der Waals surface area contributed by atoms with Gasteiger partial charge in [0.15, 0.2) is 0 Å². The van der Waals surface area contributed by atoms with E-state index in [0.29, 0.717) is 21.3 Å². The lowest BCUT2D eigenvalue weighted by molar-refractivity contribution is -0.111. The van der Waals surface area contributed by atoms with Gasteiger partial charge in [0.1, 0.15) is 0 Å². The Morgan fingerprint density at radius 3 is 2.36 bits per heavy atom. The third-order valence-electron chi connectivity index (χ3n) is 3.07. The van der Waals surface area contributed by atoms with E-state index in [2.05, 4.69) is 5.32 Å². The Hall–Kier alpha value is -1.95. The van der Waals surface area contributed by atoms with Crippen molar-refractivity contribution in [1.29, 1.82) is 0 Å². The van der Waals surface area contributed by atoms with Crippen LogP contribution in [0.25, 0.3) is 6.08 Å². The van der Waals surface area contributed by atoms with Crippen molar-refractivity contribution < 1.29 is 9.59 Å². The van der Waals surface area contributed by atoms with Crippen LogP contribution in [-0.4, -0.2) is 30.1 Å². The summed E-state index contributed by atoms with van der Waals surface area (Å²) in [4.78, 5) is 26.1. The van der Waals surface area contributed by atoms with Crippen molar-refractivity contribution in [1.82, 2.24) is 4.90 Å². The van der Waals surface area contributed by atoms with Gasteiger partial charge in [-0.2, -0.15) is 0 Å². The fourth-order valence-corrected chi connectivity index (χ4v) is 3.08. The van der Waals surface area contributed by atoms with E-state index in [1.165, 1.54) is 11.0 Å². The summed E-state index contributed by atoms with van der Waals surface area (Å²) < 4.78 is 0. The molecule has 0 aliphatic rings. The predicted molar refractivity (Wildman–Crippen MR) is 106 cm³/mol. The van der Waals surface area contributed by atoms with Gasteiger partial charge in [-0.15, -0.1) is 0 Å². The summed E-state index contributed by atoms with van der Waals surface area (Å²) in [5, 5.41) is 3.60. The van der Waals surface area contributed by atoms with Gasteiger partial charge < -0.3 is 10.2 Å². The summed E-state index contributed by atoms with van der Waals surface area (Å²) in [6.45, 7) is 0. The molecule has 0 fully saturated rings. The molecule has 25 heavy (non-hydrogen) atoms. The van der Waals surface area contributed by atoms with Gasteiger partial charge in [0.25, 0.3) is 5.24 Å². The van der Waals surface area contributed by atoms with Crippen LogP contribution in [0.15, 0.2) is 53.4 Å². The first kappa shape index (κ1) is 19.4. The number of benzene rings is 2. The van der Waals surface area contributed by atoms with E-state index >= 15 is 0 Å². The van der Waals surface area contributed by atoms with Crippen LogP contribution < -0.4 is 5.32 Å². The minimum absolute atomic E-state index is 0.0864. The van der Waals surface area contributed by atoms with Crippen LogP contribution >= 0.6 is 35.0 Å². The molecule has 7 heteroatoms. The van der Waals surface area contributed by atoms with Crippen molar-refractivity contribution in [3.63, 3.8) is 0 Å². The van der Waals surface area contributed by atoms with Crippen molar-refractivity contribution in [3.8, 4) is 0 Å². The Kier molecular flexibility index (Phi) is 6.93. The van der Waals surface area contributed by atoms with E-state index < -0.39 is 0 Å². The molecule has 130 valence electrons. The second-order valence-corrected chi connectivity index (χ2v) is 7.09. The average Bonchev–Trinajstić information content (AvgIpc) is 2.54. The van der Waals surface area contributed by atoms with E-state index in [1.54, 1.807) is 62.6 Å². The lowest BCUT2D eigenvalue weighted by Crippen LogP contribution is -2.16. The largest absolute Gasteiger partial charge is 0.339 e. The maximum atomic E-state index is 12.1. The molecule has 0 aliphatic heterocycles. The summed E-state index contributed by atoms with van der Waals surface area (Å²) in [6.07, 6.45) is 2.92. The first-order valence-corrected chi connectivity index (χ1v) is 8.86. The number of rotatable bonds is 4. The standard InChI is InChI=1S/C18H16Cl2N2O2S/c1-22(2)18(24)25-13-6-3-5-12(11-13)21-17(23)10-9-14-15(19)7-4-8-16(14)20/h3-11H,1-2H3,(H,21,23)/b10-9+. The van der Waals surface area contributed by atoms with Crippen LogP contribution in [0.4, 0.5) is 10.5 Å². The fourth-order valence-electron chi connectivity index (χ4n) is 1.84. The van der Waals surface area contributed by atoms with Crippen molar-refractivity contribution in [2.75, 3.05) is 19.4 Å². The number of carbonyl (C=O) groups excluding carboxylic acids is 2. The van der Waals surface area contributed by atoms with Crippen LogP contribution in [0.2, 0.25) is 10.0 Å². The molecule has 0 heterocycles. The van der Waals surface area contributed by atoms with Crippen molar-refractivity contribution >= 4 is 57.9 Å². The zero-order valence-electron chi connectivity index (χ0n) is 13.6. The predicted octanol–water partition coefficient (Wildman–Crippen LogP) is 5.42. The highest BCUT2D eigenvalue weighted by molar-refractivity contribution is 8.13. The maximum absolute atomic E-state index is 12.1. The Morgan fingerprint density at radius 2 is 1.72 bits per heavy atom. The number of carbonyl (C=O) groups is 2. The van der Waals surface area contributed by atoms with Crippen molar-refractivity contribution in [2.45, 2.75) is 4.90 Å². The van der Waals surface area contributed by atoms with Gasteiger partial charge in [0.2, 0.25) is 5.91 Å². The number of hydrogen-bond donors (Lipinski definition) is 1. The number of anilines is 1. The average molecular weight is 395 g/mol. The quantitative estimate of drug-likeness (QED) is 0.556. The van der Waals surface area contributed by atoms with E-state index in [4.69, 9.17) is 23.2 Å². The highest BCUT2D eigenvalue weighted by Gasteiger charge is 2.08. The zero-order chi connectivity index (χ0) is 18.4. The summed E-state index contributed by atoms with van der Waals surface area (Å²) >= 11 is 13.2.